The molecular weight excluding hydrogens is 386 g/mol. The Balaban J connectivity index is 0.00000205. The molecule has 29 heavy (non-hydrogen) atoms. The Morgan fingerprint density at radius 3 is 2.38 bits per heavy atom. The average Bonchev–Trinajstić information content (AvgIpc) is 3.26. The largest absolute Gasteiger partial charge is 0.549 e. The fraction of sp³-hybridized carbons (Fsp3) is 0.458. The smallest absolute Gasteiger partial charge is 0.134 e. The van der Waals surface area contributed by atoms with Crippen LogP contribution in [0.2, 0.25) is 0 Å². The molecule has 0 spiro atoms. The second-order valence-corrected chi connectivity index (χ2v) is 8.37. The number of carboxylic acid groups (broad SMARTS) is 1. The van der Waals surface area contributed by atoms with E-state index in [1.807, 2.05) is 24.3 Å². The minimum Gasteiger partial charge on any atom is -0.549 e. The number of carbonyl (C=O) groups excluding carboxylic acids is 1. The average molecular weight is 413 g/mol. The molecule has 2 fully saturated rings. The molecule has 0 N–H and O–H groups in total. The van der Waals surface area contributed by atoms with Crippen LogP contribution in [0.25, 0.3) is 0 Å². The van der Waals surface area contributed by atoms with Gasteiger partial charge in [-0.2, -0.15) is 0 Å². The van der Waals surface area contributed by atoms with Crippen molar-refractivity contribution in [2.75, 3.05) is 18.0 Å². The second-order valence-electron chi connectivity index (χ2n) is 8.37. The summed E-state index contributed by atoms with van der Waals surface area (Å²) in [7, 11) is 0. The summed E-state index contributed by atoms with van der Waals surface area (Å²) in [5.74, 6) is -0.0523. The van der Waals surface area contributed by atoms with Crippen LogP contribution in [0.1, 0.15) is 73.5 Å². The fourth-order valence-corrected chi connectivity index (χ4v) is 5.27. The number of carboxylic acids is 1. The molecule has 2 aromatic rings. The molecule has 0 amide bonds. The van der Waals surface area contributed by atoms with Gasteiger partial charge in [-0.15, -0.1) is 12.4 Å². The van der Waals surface area contributed by atoms with Crippen LogP contribution in [-0.2, 0) is 4.79 Å². The number of rotatable bonds is 3. The summed E-state index contributed by atoms with van der Waals surface area (Å²) >= 11 is 0. The zero-order valence-corrected chi connectivity index (χ0v) is 17.4. The minimum absolute atomic E-state index is 0. The third-order valence-corrected chi connectivity index (χ3v) is 6.65. The summed E-state index contributed by atoms with van der Waals surface area (Å²) in [6.45, 7) is 2.12. The van der Waals surface area contributed by atoms with Crippen molar-refractivity contribution in [1.82, 2.24) is 0 Å². The normalized spacial score (nSPS) is 21.0. The highest BCUT2D eigenvalue weighted by molar-refractivity contribution is 5.85. The van der Waals surface area contributed by atoms with E-state index in [4.69, 9.17) is 4.74 Å². The zero-order chi connectivity index (χ0) is 19.1. The van der Waals surface area contributed by atoms with Gasteiger partial charge in [0.1, 0.15) is 11.5 Å². The van der Waals surface area contributed by atoms with E-state index in [0.29, 0.717) is 23.0 Å². The van der Waals surface area contributed by atoms with Crippen LogP contribution in [0, 0.1) is 0 Å². The van der Waals surface area contributed by atoms with Gasteiger partial charge in [-0.3, -0.25) is 0 Å². The zero-order valence-electron chi connectivity index (χ0n) is 16.6. The first kappa shape index (κ1) is 20.1. The number of hydrogen-bond donors (Lipinski definition) is 0. The molecule has 1 saturated heterocycles. The quantitative estimate of drug-likeness (QED) is 0.730. The van der Waals surface area contributed by atoms with Crippen LogP contribution in [0.4, 0.5) is 5.69 Å². The molecule has 1 saturated carbocycles. The standard InChI is InChI=1S/C24H27NO3.ClH/c26-24(27)23-18-10-4-5-11-20(18)28-21-15-17(25-12-6-7-13-25)14-19(22(21)23)16-8-2-1-3-9-16;/h4-5,10-11,14-16,23H,1-3,6-9,12-13H2,(H,26,27);1H/p-1. The maximum absolute atomic E-state index is 12.3. The highest BCUT2D eigenvalue weighted by Crippen LogP contribution is 2.50. The number of aliphatic carboxylic acids is 1. The van der Waals surface area contributed by atoms with Crippen LogP contribution in [0.5, 0.6) is 11.5 Å². The summed E-state index contributed by atoms with van der Waals surface area (Å²) < 4.78 is 6.27. The van der Waals surface area contributed by atoms with Crippen molar-refractivity contribution in [3.63, 3.8) is 0 Å². The summed E-state index contributed by atoms with van der Waals surface area (Å²) in [5, 5.41) is 12.3. The van der Waals surface area contributed by atoms with Gasteiger partial charge in [-0.05, 0) is 49.3 Å². The van der Waals surface area contributed by atoms with E-state index in [9.17, 15) is 9.90 Å². The van der Waals surface area contributed by atoms with Crippen molar-refractivity contribution < 1.29 is 14.6 Å². The first-order valence-electron chi connectivity index (χ1n) is 10.6. The number of halogens is 1. The van der Waals surface area contributed by atoms with Gasteiger partial charge in [0.15, 0.2) is 0 Å². The lowest BCUT2D eigenvalue weighted by Gasteiger charge is -2.35. The number of fused-ring (bicyclic) bond motifs is 2. The van der Waals surface area contributed by atoms with Crippen molar-refractivity contribution in [2.45, 2.75) is 56.8 Å². The topological polar surface area (TPSA) is 52.6 Å². The Hall–Kier alpha value is -2.20. The lowest BCUT2D eigenvalue weighted by Crippen LogP contribution is -2.33. The molecule has 4 nitrogen and oxygen atoms in total. The maximum Gasteiger partial charge on any atom is 0.134 e. The van der Waals surface area contributed by atoms with E-state index in [1.54, 1.807) is 0 Å². The molecule has 2 heterocycles. The van der Waals surface area contributed by atoms with Crippen LogP contribution < -0.4 is 14.7 Å². The SMILES string of the molecule is Cl.O=C([O-])C1c2ccccc2Oc2cc(N3CCCC3)cc(C3CCCCC3)c21. The van der Waals surface area contributed by atoms with Crippen LogP contribution in [0.3, 0.4) is 0 Å². The number of para-hydroxylation sites is 1. The van der Waals surface area contributed by atoms with Crippen LogP contribution in [0.15, 0.2) is 36.4 Å². The van der Waals surface area contributed by atoms with Gasteiger partial charge >= 0.3 is 0 Å². The molecule has 0 aromatic heterocycles. The van der Waals surface area contributed by atoms with E-state index in [2.05, 4.69) is 17.0 Å². The highest BCUT2D eigenvalue weighted by Gasteiger charge is 2.34. The predicted molar refractivity (Wildman–Crippen MR) is 114 cm³/mol. The number of ether oxygens (including phenoxy) is 1. The van der Waals surface area contributed by atoms with Crippen molar-refractivity contribution in [2.24, 2.45) is 0 Å². The molecule has 0 radical (unpaired) electrons. The predicted octanol–water partition coefficient (Wildman–Crippen LogP) is 4.74. The Kier molecular flexibility index (Phi) is 5.73. The van der Waals surface area contributed by atoms with Crippen molar-refractivity contribution in [1.29, 1.82) is 0 Å². The van der Waals surface area contributed by atoms with E-state index < -0.39 is 11.9 Å². The number of benzene rings is 2. The molecule has 2 aliphatic heterocycles. The van der Waals surface area contributed by atoms with E-state index >= 15 is 0 Å². The van der Waals surface area contributed by atoms with E-state index in [-0.39, 0.29) is 12.4 Å². The van der Waals surface area contributed by atoms with E-state index in [1.165, 1.54) is 43.4 Å². The molecule has 5 rings (SSSR count). The van der Waals surface area contributed by atoms with Crippen LogP contribution in [-0.4, -0.2) is 19.1 Å². The number of hydrogen-bond acceptors (Lipinski definition) is 4. The van der Waals surface area contributed by atoms with Crippen molar-refractivity contribution in [3.05, 3.63) is 53.1 Å². The van der Waals surface area contributed by atoms with Gasteiger partial charge in [-0.1, -0.05) is 37.5 Å². The molecule has 2 aromatic carbocycles. The molecule has 1 aliphatic carbocycles. The third-order valence-electron chi connectivity index (χ3n) is 6.65. The van der Waals surface area contributed by atoms with Crippen LogP contribution >= 0.6 is 12.4 Å². The lowest BCUT2D eigenvalue weighted by molar-refractivity contribution is -0.306. The van der Waals surface area contributed by atoms with Gasteiger partial charge in [0, 0.05) is 36.0 Å². The number of nitrogens with zero attached hydrogens (tertiary/aromatic N) is 1. The minimum atomic E-state index is -1.04. The monoisotopic (exact) mass is 412 g/mol. The molecule has 0 bridgehead atoms. The van der Waals surface area contributed by atoms with Gasteiger partial charge in [0.05, 0.1) is 11.9 Å². The molecule has 1 unspecified atom stereocenters. The first-order chi connectivity index (χ1) is 13.7. The van der Waals surface area contributed by atoms with Gasteiger partial charge in [-0.25, -0.2) is 0 Å². The summed E-state index contributed by atoms with van der Waals surface area (Å²) in [6, 6.07) is 11.8. The van der Waals surface area contributed by atoms with Gasteiger partial charge < -0.3 is 19.5 Å². The summed E-state index contributed by atoms with van der Waals surface area (Å²) in [5.41, 5.74) is 3.88. The van der Waals surface area contributed by atoms with Gasteiger partial charge in [0.2, 0.25) is 0 Å². The Bertz CT molecular complexity index is 901. The number of anilines is 1. The molecule has 3 aliphatic rings. The third kappa shape index (κ3) is 3.59. The Morgan fingerprint density at radius 1 is 0.931 bits per heavy atom. The summed E-state index contributed by atoms with van der Waals surface area (Å²) in [4.78, 5) is 14.7. The summed E-state index contributed by atoms with van der Waals surface area (Å²) in [6.07, 6.45) is 8.35. The van der Waals surface area contributed by atoms with Crippen molar-refractivity contribution in [3.8, 4) is 11.5 Å². The van der Waals surface area contributed by atoms with Crippen molar-refractivity contribution >= 4 is 24.1 Å². The molecule has 5 heteroatoms. The highest BCUT2D eigenvalue weighted by atomic mass is 35.5. The molecule has 154 valence electrons. The van der Waals surface area contributed by atoms with Gasteiger partial charge in [0.25, 0.3) is 0 Å². The first-order valence-corrected chi connectivity index (χ1v) is 10.6. The Morgan fingerprint density at radius 2 is 1.66 bits per heavy atom. The number of carbonyl (C=O) groups is 1. The second kappa shape index (κ2) is 8.27. The molecule has 1 atom stereocenters. The maximum atomic E-state index is 12.3. The fourth-order valence-electron chi connectivity index (χ4n) is 5.27. The van der Waals surface area contributed by atoms with E-state index in [0.717, 1.165) is 31.5 Å². The lowest BCUT2D eigenvalue weighted by atomic mass is 9.76. The Labute approximate surface area is 178 Å². The molecular formula is C24H27ClNO3-.